The van der Waals surface area contributed by atoms with Gasteiger partial charge in [-0.25, -0.2) is 4.98 Å². The molecule has 1 aromatic heterocycles. The predicted octanol–water partition coefficient (Wildman–Crippen LogP) is 3.83. The molecule has 0 bridgehead atoms. The Morgan fingerprint density at radius 2 is 2.31 bits per heavy atom. The largest absolute Gasteiger partial charge is 0.338 e. The van der Waals surface area contributed by atoms with E-state index in [1.54, 1.807) is 0 Å². The van der Waals surface area contributed by atoms with E-state index in [1.807, 2.05) is 31.2 Å². The fourth-order valence-corrected chi connectivity index (χ4v) is 2.36. The standard InChI is InChI=1S/C11H8BrN3S/c1-7-14-11(10(6-13)16-7)15-9-4-2-3-8(12)5-9/h2-5,15H,1H3. The number of nitrogens with zero attached hydrogens (tertiary/aromatic N) is 2. The summed E-state index contributed by atoms with van der Waals surface area (Å²) in [5.74, 6) is 0.628. The third kappa shape index (κ3) is 2.40. The van der Waals surface area contributed by atoms with E-state index in [2.05, 4.69) is 32.3 Å². The van der Waals surface area contributed by atoms with Gasteiger partial charge in [0.1, 0.15) is 10.9 Å². The van der Waals surface area contributed by atoms with E-state index < -0.39 is 0 Å². The van der Waals surface area contributed by atoms with Gasteiger partial charge in [0.2, 0.25) is 0 Å². The minimum absolute atomic E-state index is 0.609. The van der Waals surface area contributed by atoms with E-state index in [0.717, 1.165) is 15.2 Å². The zero-order valence-corrected chi connectivity index (χ0v) is 10.9. The average Bonchev–Trinajstić information content (AvgIpc) is 2.59. The highest BCUT2D eigenvalue weighted by Crippen LogP contribution is 2.26. The lowest BCUT2D eigenvalue weighted by Gasteiger charge is -2.03. The molecule has 16 heavy (non-hydrogen) atoms. The van der Waals surface area contributed by atoms with Gasteiger partial charge in [0, 0.05) is 10.2 Å². The van der Waals surface area contributed by atoms with Crippen LogP contribution in [0.25, 0.3) is 0 Å². The van der Waals surface area contributed by atoms with Crippen LogP contribution in [0.1, 0.15) is 9.88 Å². The maximum absolute atomic E-state index is 8.94. The molecule has 0 aliphatic heterocycles. The zero-order chi connectivity index (χ0) is 11.5. The van der Waals surface area contributed by atoms with Gasteiger partial charge in [0.05, 0.1) is 5.01 Å². The van der Waals surface area contributed by atoms with Crippen molar-refractivity contribution in [2.45, 2.75) is 6.92 Å². The maximum Gasteiger partial charge on any atom is 0.159 e. The average molecular weight is 294 g/mol. The Labute approximate surface area is 106 Å². The second-order valence-corrected chi connectivity index (χ2v) is 5.28. The number of aromatic nitrogens is 1. The SMILES string of the molecule is Cc1nc(Nc2cccc(Br)c2)c(C#N)s1. The molecular weight excluding hydrogens is 286 g/mol. The van der Waals surface area contributed by atoms with E-state index in [4.69, 9.17) is 5.26 Å². The first kappa shape index (κ1) is 11.1. The number of aryl methyl sites for hydroxylation is 1. The van der Waals surface area contributed by atoms with Gasteiger partial charge in [0.15, 0.2) is 5.82 Å². The highest BCUT2D eigenvalue weighted by molar-refractivity contribution is 9.10. The molecule has 2 aromatic rings. The van der Waals surface area contributed by atoms with Crippen molar-refractivity contribution in [2.75, 3.05) is 5.32 Å². The summed E-state index contributed by atoms with van der Waals surface area (Å²) in [6.45, 7) is 1.89. The Bertz CT molecular complexity index is 557. The second kappa shape index (κ2) is 4.64. The Hall–Kier alpha value is -1.38. The van der Waals surface area contributed by atoms with Crippen molar-refractivity contribution in [1.82, 2.24) is 4.98 Å². The quantitative estimate of drug-likeness (QED) is 0.915. The van der Waals surface area contributed by atoms with Gasteiger partial charge in [0.25, 0.3) is 0 Å². The number of hydrogen-bond donors (Lipinski definition) is 1. The van der Waals surface area contributed by atoms with Crippen molar-refractivity contribution in [3.8, 4) is 6.07 Å². The molecule has 1 heterocycles. The summed E-state index contributed by atoms with van der Waals surface area (Å²) in [5, 5.41) is 13.0. The van der Waals surface area contributed by atoms with Crippen LogP contribution in [0.15, 0.2) is 28.7 Å². The summed E-state index contributed by atoms with van der Waals surface area (Å²) in [6.07, 6.45) is 0. The highest BCUT2D eigenvalue weighted by Gasteiger charge is 2.08. The van der Waals surface area contributed by atoms with E-state index in [0.29, 0.717) is 10.7 Å². The molecule has 0 amide bonds. The van der Waals surface area contributed by atoms with Crippen LogP contribution in [0.4, 0.5) is 11.5 Å². The molecule has 3 nitrogen and oxygen atoms in total. The van der Waals surface area contributed by atoms with Gasteiger partial charge in [-0.05, 0) is 25.1 Å². The van der Waals surface area contributed by atoms with Gasteiger partial charge in [-0.2, -0.15) is 5.26 Å². The molecule has 0 saturated heterocycles. The highest BCUT2D eigenvalue weighted by atomic mass is 79.9. The number of rotatable bonds is 2. The number of hydrogen-bond acceptors (Lipinski definition) is 4. The fourth-order valence-electron chi connectivity index (χ4n) is 1.29. The zero-order valence-electron chi connectivity index (χ0n) is 8.49. The molecule has 0 fully saturated rings. The molecule has 1 N–H and O–H groups in total. The number of anilines is 2. The smallest absolute Gasteiger partial charge is 0.159 e. The predicted molar refractivity (Wildman–Crippen MR) is 69.0 cm³/mol. The number of thiazole rings is 1. The summed E-state index contributed by atoms with van der Waals surface area (Å²) >= 11 is 4.78. The van der Waals surface area contributed by atoms with E-state index in [9.17, 15) is 0 Å². The first-order valence-corrected chi connectivity index (χ1v) is 6.20. The van der Waals surface area contributed by atoms with Crippen LogP contribution in [0.5, 0.6) is 0 Å². The van der Waals surface area contributed by atoms with Crippen LogP contribution in [0.2, 0.25) is 0 Å². The molecule has 80 valence electrons. The second-order valence-electron chi connectivity index (χ2n) is 3.16. The third-order valence-electron chi connectivity index (χ3n) is 1.92. The minimum Gasteiger partial charge on any atom is -0.338 e. The summed E-state index contributed by atoms with van der Waals surface area (Å²) in [6, 6.07) is 9.88. The van der Waals surface area contributed by atoms with Crippen molar-refractivity contribution < 1.29 is 0 Å². The number of benzene rings is 1. The molecule has 5 heteroatoms. The Kier molecular flexibility index (Phi) is 3.22. The molecule has 0 aliphatic carbocycles. The topological polar surface area (TPSA) is 48.7 Å². The van der Waals surface area contributed by atoms with Gasteiger partial charge >= 0.3 is 0 Å². The van der Waals surface area contributed by atoms with Gasteiger partial charge in [-0.1, -0.05) is 22.0 Å². The number of halogens is 1. The van der Waals surface area contributed by atoms with Crippen molar-refractivity contribution >= 4 is 38.8 Å². The van der Waals surface area contributed by atoms with Gasteiger partial charge < -0.3 is 5.32 Å². The van der Waals surface area contributed by atoms with E-state index in [1.165, 1.54) is 11.3 Å². The van der Waals surface area contributed by atoms with Crippen LogP contribution >= 0.6 is 27.3 Å². The monoisotopic (exact) mass is 293 g/mol. The third-order valence-corrected chi connectivity index (χ3v) is 3.29. The molecule has 0 spiro atoms. The van der Waals surface area contributed by atoms with Crippen LogP contribution in [-0.4, -0.2) is 4.98 Å². The summed E-state index contributed by atoms with van der Waals surface area (Å²) in [5.41, 5.74) is 0.913. The van der Waals surface area contributed by atoms with Crippen molar-refractivity contribution in [2.24, 2.45) is 0 Å². The Balaban J connectivity index is 2.30. The van der Waals surface area contributed by atoms with Crippen LogP contribution in [-0.2, 0) is 0 Å². The summed E-state index contributed by atoms with van der Waals surface area (Å²) < 4.78 is 0.989. The van der Waals surface area contributed by atoms with Crippen LogP contribution in [0.3, 0.4) is 0 Å². The molecule has 0 atom stereocenters. The fraction of sp³-hybridized carbons (Fsp3) is 0.0909. The molecular formula is C11H8BrN3S. The molecule has 0 aliphatic rings. The van der Waals surface area contributed by atoms with Gasteiger partial charge in [-0.15, -0.1) is 11.3 Å². The molecule has 0 unspecified atom stereocenters. The van der Waals surface area contributed by atoms with Gasteiger partial charge in [-0.3, -0.25) is 0 Å². The molecule has 0 saturated carbocycles. The van der Waals surface area contributed by atoms with Crippen molar-refractivity contribution in [1.29, 1.82) is 5.26 Å². The van der Waals surface area contributed by atoms with E-state index >= 15 is 0 Å². The minimum atomic E-state index is 0.609. The number of nitrogens with one attached hydrogen (secondary N) is 1. The first-order chi connectivity index (χ1) is 7.69. The van der Waals surface area contributed by atoms with Crippen molar-refractivity contribution in [3.05, 3.63) is 38.6 Å². The van der Waals surface area contributed by atoms with Crippen molar-refractivity contribution in [3.63, 3.8) is 0 Å². The lowest BCUT2D eigenvalue weighted by Crippen LogP contribution is -1.92. The summed E-state index contributed by atoms with van der Waals surface area (Å²) in [4.78, 5) is 4.88. The van der Waals surface area contributed by atoms with E-state index in [-0.39, 0.29) is 0 Å². The molecule has 2 rings (SSSR count). The molecule has 1 aromatic carbocycles. The lowest BCUT2D eigenvalue weighted by molar-refractivity contribution is 1.28. The van der Waals surface area contributed by atoms with Crippen LogP contribution in [0, 0.1) is 18.3 Å². The number of nitriles is 1. The Morgan fingerprint density at radius 3 is 3.00 bits per heavy atom. The first-order valence-electron chi connectivity index (χ1n) is 4.59. The summed E-state index contributed by atoms with van der Waals surface area (Å²) in [7, 11) is 0. The maximum atomic E-state index is 8.94. The van der Waals surface area contributed by atoms with Crippen LogP contribution < -0.4 is 5.32 Å². The molecule has 0 radical (unpaired) electrons. The normalized spacial score (nSPS) is 9.81. The lowest BCUT2D eigenvalue weighted by atomic mass is 10.3. The Morgan fingerprint density at radius 1 is 1.50 bits per heavy atom.